The summed E-state index contributed by atoms with van der Waals surface area (Å²) in [7, 11) is 1.47. The number of aromatic nitrogens is 3. The molecule has 0 atom stereocenters. The number of nitrogens with two attached hydrogens (primary N) is 1. The van der Waals surface area contributed by atoms with Gasteiger partial charge in [-0.25, -0.2) is 10.9 Å². The van der Waals surface area contributed by atoms with Gasteiger partial charge in [0.25, 0.3) is 5.95 Å². The number of hydrogen-bond donors (Lipinski definition) is 4. The maximum atomic E-state index is 9.48. The Hall–Kier alpha value is -2.39. The molecule has 0 radical (unpaired) electrons. The average molecular weight is 280 g/mol. The van der Waals surface area contributed by atoms with Crippen LogP contribution >= 0.6 is 12.2 Å². The van der Waals surface area contributed by atoms with E-state index in [1.165, 1.54) is 24.1 Å². The number of benzene rings is 1. The van der Waals surface area contributed by atoms with Crippen LogP contribution in [0.25, 0.3) is 0 Å². The third-order valence-corrected chi connectivity index (χ3v) is 2.57. The highest BCUT2D eigenvalue weighted by Crippen LogP contribution is 2.25. The maximum absolute atomic E-state index is 9.48. The van der Waals surface area contributed by atoms with E-state index < -0.39 is 0 Å². The first kappa shape index (κ1) is 13.1. The van der Waals surface area contributed by atoms with Crippen molar-refractivity contribution in [1.29, 1.82) is 0 Å². The normalized spacial score (nSPS) is 10.8. The molecule has 0 amide bonds. The van der Waals surface area contributed by atoms with Crippen molar-refractivity contribution in [3.05, 3.63) is 28.5 Å². The summed E-state index contributed by atoms with van der Waals surface area (Å²) >= 11 is 4.99. The number of methoxy groups -OCH3 is 1. The summed E-state index contributed by atoms with van der Waals surface area (Å²) in [5.41, 5.74) is 3.08. The van der Waals surface area contributed by atoms with Crippen molar-refractivity contribution < 1.29 is 9.84 Å². The minimum Gasteiger partial charge on any atom is -0.504 e. The van der Waals surface area contributed by atoms with E-state index >= 15 is 0 Å². The highest BCUT2D eigenvalue weighted by molar-refractivity contribution is 7.71. The van der Waals surface area contributed by atoms with E-state index in [1.54, 1.807) is 12.1 Å². The number of H-pyrrole nitrogens is 1. The molecule has 0 unspecified atom stereocenters. The molecule has 0 saturated carbocycles. The van der Waals surface area contributed by atoms with Crippen LogP contribution < -0.4 is 16.0 Å². The van der Waals surface area contributed by atoms with Gasteiger partial charge in [-0.1, -0.05) is 0 Å². The number of phenols is 1. The Kier molecular flexibility index (Phi) is 3.78. The van der Waals surface area contributed by atoms with Gasteiger partial charge in [0.1, 0.15) is 0 Å². The number of rotatable bonds is 4. The van der Waals surface area contributed by atoms with Gasteiger partial charge in [-0.2, -0.15) is 9.78 Å². The second kappa shape index (κ2) is 5.50. The van der Waals surface area contributed by atoms with Gasteiger partial charge >= 0.3 is 0 Å². The van der Waals surface area contributed by atoms with Crippen molar-refractivity contribution in [2.24, 2.45) is 10.9 Å². The third-order valence-electron chi connectivity index (χ3n) is 2.31. The summed E-state index contributed by atoms with van der Waals surface area (Å²) in [6.45, 7) is 0. The number of hydrogen-bond acceptors (Lipinski definition) is 7. The number of phenolic OH excluding ortho intramolecular Hbond substituents is 1. The fraction of sp³-hybridized carbons (Fsp3) is 0.100. The van der Waals surface area contributed by atoms with Gasteiger partial charge < -0.3 is 9.84 Å². The summed E-state index contributed by atoms with van der Waals surface area (Å²) in [5, 5.41) is 20.0. The lowest BCUT2D eigenvalue weighted by Crippen LogP contribution is -2.11. The molecule has 0 spiro atoms. The largest absolute Gasteiger partial charge is 0.504 e. The first-order valence-corrected chi connectivity index (χ1v) is 5.62. The molecule has 0 bridgehead atoms. The molecule has 0 saturated heterocycles. The van der Waals surface area contributed by atoms with Crippen LogP contribution in [0.4, 0.5) is 5.95 Å². The van der Waals surface area contributed by atoms with Crippen LogP contribution in [0.3, 0.4) is 0 Å². The molecule has 0 fully saturated rings. The zero-order chi connectivity index (χ0) is 13.8. The minimum atomic E-state index is 0.0592. The number of aromatic hydroxyl groups is 1. The van der Waals surface area contributed by atoms with Crippen molar-refractivity contribution in [3.63, 3.8) is 0 Å². The van der Waals surface area contributed by atoms with E-state index in [0.717, 1.165) is 5.56 Å². The number of anilines is 1. The summed E-state index contributed by atoms with van der Waals surface area (Å²) in [5.74, 6) is 5.97. The fourth-order valence-electron chi connectivity index (χ4n) is 1.39. The van der Waals surface area contributed by atoms with Gasteiger partial charge in [0.15, 0.2) is 11.5 Å². The first-order valence-electron chi connectivity index (χ1n) is 5.21. The smallest absolute Gasteiger partial charge is 0.258 e. The Morgan fingerprint density at radius 1 is 1.63 bits per heavy atom. The monoisotopic (exact) mass is 280 g/mol. The molecule has 9 heteroatoms. The summed E-state index contributed by atoms with van der Waals surface area (Å²) in [4.78, 5) is 0. The average Bonchev–Trinajstić information content (AvgIpc) is 2.78. The molecule has 2 rings (SSSR count). The van der Waals surface area contributed by atoms with E-state index in [1.807, 2.05) is 0 Å². The highest BCUT2D eigenvalue weighted by Gasteiger charge is 2.03. The number of ether oxygens (including phenoxy) is 1. The van der Waals surface area contributed by atoms with Gasteiger partial charge in [0, 0.05) is 0 Å². The van der Waals surface area contributed by atoms with Crippen molar-refractivity contribution >= 4 is 24.4 Å². The van der Waals surface area contributed by atoms with Gasteiger partial charge in [-0.3, -0.25) is 5.43 Å². The molecular weight excluding hydrogens is 268 g/mol. The minimum absolute atomic E-state index is 0.0592. The van der Waals surface area contributed by atoms with Gasteiger partial charge in [0.05, 0.1) is 13.3 Å². The van der Waals surface area contributed by atoms with E-state index in [0.29, 0.717) is 10.5 Å². The molecule has 5 N–H and O–H groups in total. The molecule has 19 heavy (non-hydrogen) atoms. The van der Waals surface area contributed by atoms with Crippen LogP contribution in [0.15, 0.2) is 23.3 Å². The van der Waals surface area contributed by atoms with E-state index in [2.05, 4.69) is 20.7 Å². The molecule has 1 aromatic carbocycles. The lowest BCUT2D eigenvalue weighted by molar-refractivity contribution is 0.373. The van der Waals surface area contributed by atoms with Crippen LogP contribution in [0.2, 0.25) is 0 Å². The molecule has 0 aliphatic heterocycles. The molecule has 2 aromatic rings. The summed E-state index contributed by atoms with van der Waals surface area (Å²) in [6.07, 6.45) is 1.54. The number of nitrogens with one attached hydrogen (secondary N) is 2. The number of hydrazine groups is 1. The first-order chi connectivity index (χ1) is 9.15. The SMILES string of the molecule is COc1cc(/C=N/n2c(NN)n[nH]c2=S)ccc1O. The summed E-state index contributed by atoms with van der Waals surface area (Å²) in [6, 6.07) is 4.83. The van der Waals surface area contributed by atoms with Crippen LogP contribution in [-0.2, 0) is 0 Å². The number of nitrogens with zero attached hydrogens (tertiary/aromatic N) is 3. The molecule has 8 nitrogen and oxygen atoms in total. The predicted molar refractivity (Wildman–Crippen MR) is 72.9 cm³/mol. The second-order valence-corrected chi connectivity index (χ2v) is 3.87. The lowest BCUT2D eigenvalue weighted by Gasteiger charge is -2.03. The maximum Gasteiger partial charge on any atom is 0.258 e. The second-order valence-electron chi connectivity index (χ2n) is 3.48. The van der Waals surface area contributed by atoms with Crippen molar-refractivity contribution in [3.8, 4) is 11.5 Å². The zero-order valence-corrected chi connectivity index (χ0v) is 10.8. The Balaban J connectivity index is 2.32. The standard InChI is InChI=1S/C10H12N6O2S/c1-18-8-4-6(2-3-7(8)17)5-12-16-9(13-11)14-15-10(16)19/h2-5,17H,11H2,1H3,(H,13,14)(H,15,19)/b12-5+. The lowest BCUT2D eigenvalue weighted by atomic mass is 10.2. The fourth-order valence-corrected chi connectivity index (χ4v) is 1.57. The highest BCUT2D eigenvalue weighted by atomic mass is 32.1. The van der Waals surface area contributed by atoms with Crippen molar-refractivity contribution in [1.82, 2.24) is 14.9 Å². The van der Waals surface area contributed by atoms with E-state index in [9.17, 15) is 5.11 Å². The predicted octanol–water partition coefficient (Wildman–Crippen LogP) is 0.823. The molecule has 1 heterocycles. The van der Waals surface area contributed by atoms with E-state index in [4.69, 9.17) is 22.8 Å². The zero-order valence-electron chi connectivity index (χ0n) is 9.99. The quantitative estimate of drug-likeness (QED) is 0.285. The van der Waals surface area contributed by atoms with Crippen LogP contribution in [-0.4, -0.2) is 33.3 Å². The Bertz CT molecular complexity index is 662. The Labute approximate surface area is 113 Å². The molecule has 100 valence electrons. The topological polar surface area (TPSA) is 113 Å². The Morgan fingerprint density at radius 2 is 2.42 bits per heavy atom. The van der Waals surface area contributed by atoms with Crippen LogP contribution in [0.1, 0.15) is 5.56 Å². The Morgan fingerprint density at radius 3 is 3.11 bits per heavy atom. The molecule has 0 aliphatic carbocycles. The van der Waals surface area contributed by atoms with Gasteiger partial charge in [-0.05, 0) is 36.0 Å². The van der Waals surface area contributed by atoms with Crippen molar-refractivity contribution in [2.45, 2.75) is 0 Å². The van der Waals surface area contributed by atoms with Crippen molar-refractivity contribution in [2.75, 3.05) is 12.5 Å². The van der Waals surface area contributed by atoms with Crippen LogP contribution in [0.5, 0.6) is 11.5 Å². The number of nitrogen functional groups attached to an aromatic ring is 1. The van der Waals surface area contributed by atoms with Gasteiger partial charge in [-0.15, -0.1) is 5.10 Å². The van der Waals surface area contributed by atoms with Crippen LogP contribution in [0, 0.1) is 4.77 Å². The molecular formula is C10H12N6O2S. The molecule has 0 aliphatic rings. The number of aromatic amines is 1. The third kappa shape index (κ3) is 2.72. The van der Waals surface area contributed by atoms with E-state index in [-0.39, 0.29) is 11.7 Å². The molecule has 1 aromatic heterocycles. The van der Waals surface area contributed by atoms with Gasteiger partial charge in [0.2, 0.25) is 4.77 Å². The summed E-state index contributed by atoms with van der Waals surface area (Å²) < 4.78 is 6.63.